The summed E-state index contributed by atoms with van der Waals surface area (Å²) in [5, 5.41) is 9.56. The Labute approximate surface area is 214 Å². The first-order chi connectivity index (χ1) is 16.1. The van der Waals surface area contributed by atoms with E-state index in [4.69, 9.17) is 9.16 Å². The molecule has 1 aliphatic heterocycles. The average Bonchev–Trinajstić information content (AvgIpc) is 3.02. The highest BCUT2D eigenvalue weighted by Gasteiger charge is 2.49. The molecule has 1 fully saturated rings. The van der Waals surface area contributed by atoms with E-state index in [0.717, 1.165) is 5.56 Å². The van der Waals surface area contributed by atoms with E-state index < -0.39 is 37.3 Å². The van der Waals surface area contributed by atoms with Crippen LogP contribution in [0.25, 0.3) is 0 Å². The van der Waals surface area contributed by atoms with E-state index in [1.165, 1.54) is 18.1 Å². The third kappa shape index (κ3) is 7.44. The van der Waals surface area contributed by atoms with E-state index in [1.54, 1.807) is 17.8 Å². The Kier molecular flexibility index (Phi) is 9.41. The summed E-state index contributed by atoms with van der Waals surface area (Å²) in [4.78, 5) is 38.6. The lowest BCUT2D eigenvalue weighted by molar-refractivity contribution is -0.142. The largest absolute Gasteiger partial charge is 0.469 e. The molecule has 1 aromatic carbocycles. The number of carboxylic acid groups (broad SMARTS) is 1. The maximum absolute atomic E-state index is 13.0. The van der Waals surface area contributed by atoms with Crippen LogP contribution in [0.15, 0.2) is 42.5 Å². The summed E-state index contributed by atoms with van der Waals surface area (Å²) in [6, 6.07) is 9.00. The van der Waals surface area contributed by atoms with Gasteiger partial charge in [0, 0.05) is 11.2 Å². The van der Waals surface area contributed by atoms with Crippen LogP contribution in [-0.2, 0) is 18.8 Å². The third-order valence-electron chi connectivity index (χ3n) is 6.77. The first kappa shape index (κ1) is 29.1. The number of rotatable bonds is 9. The molecule has 1 aromatic rings. The van der Waals surface area contributed by atoms with Crippen molar-refractivity contribution in [2.24, 2.45) is 0 Å². The Morgan fingerprint density at radius 1 is 1.17 bits per heavy atom. The molecule has 0 spiro atoms. The van der Waals surface area contributed by atoms with Crippen molar-refractivity contribution in [3.8, 4) is 0 Å². The van der Waals surface area contributed by atoms with Gasteiger partial charge in [0.25, 0.3) is 0 Å². The Balaban J connectivity index is 2.23. The zero-order valence-electron chi connectivity index (χ0n) is 22.0. The molecule has 7 nitrogen and oxygen atoms in total. The van der Waals surface area contributed by atoms with Crippen LogP contribution in [-0.4, -0.2) is 60.2 Å². The van der Waals surface area contributed by atoms with Gasteiger partial charge >= 0.3 is 12.1 Å². The van der Waals surface area contributed by atoms with E-state index >= 15 is 0 Å². The number of allylic oxidation sites excluding steroid dienone is 1. The van der Waals surface area contributed by atoms with E-state index in [9.17, 15) is 19.5 Å². The topological polar surface area (TPSA) is 93.1 Å². The summed E-state index contributed by atoms with van der Waals surface area (Å²) >= 11 is 1.56. The quantitative estimate of drug-likeness (QED) is 0.241. The van der Waals surface area contributed by atoms with Crippen LogP contribution < -0.4 is 0 Å². The van der Waals surface area contributed by atoms with Gasteiger partial charge in [-0.3, -0.25) is 14.5 Å². The molecule has 9 heteroatoms. The number of nitrogens with zero attached hydrogens (tertiary/aromatic N) is 1. The van der Waals surface area contributed by atoms with Crippen LogP contribution in [0.2, 0.25) is 18.1 Å². The van der Waals surface area contributed by atoms with Crippen LogP contribution >= 0.6 is 11.8 Å². The monoisotopic (exact) mass is 521 g/mol. The number of ketones is 1. The third-order valence-corrected chi connectivity index (χ3v) is 12.9. The molecule has 0 aromatic heterocycles. The van der Waals surface area contributed by atoms with Gasteiger partial charge in [-0.2, -0.15) is 0 Å². The van der Waals surface area contributed by atoms with Crippen molar-refractivity contribution in [2.45, 2.75) is 87.9 Å². The number of hydrogen-bond donors (Lipinski definition) is 1. The van der Waals surface area contributed by atoms with Gasteiger partial charge in [-0.25, -0.2) is 4.79 Å². The molecule has 1 N–H and O–H groups in total. The van der Waals surface area contributed by atoms with Crippen molar-refractivity contribution in [3.05, 3.63) is 48.0 Å². The number of esters is 1. The highest BCUT2D eigenvalue weighted by atomic mass is 32.2. The van der Waals surface area contributed by atoms with Gasteiger partial charge in [-0.1, -0.05) is 57.2 Å². The number of hydrogen-bond acceptors (Lipinski definition) is 6. The van der Waals surface area contributed by atoms with Gasteiger partial charge in [-0.15, -0.1) is 11.8 Å². The molecule has 0 aliphatic carbocycles. The molecule has 194 valence electrons. The predicted octanol–water partition coefficient (Wildman–Crippen LogP) is 6.03. The fourth-order valence-electron chi connectivity index (χ4n) is 3.79. The standard InChI is InChI=1S/C26H39NO6SSi/c1-25(2,3)35(7,8)33-20(17-22(29)32-6)16-19(28)14-15-21-26(4,5)34-23(27(21)24(30)31)18-12-10-9-11-13-18/h9-15,20-21,23H,16-17H2,1-8H3,(H,30,31)/b15-14+/t20-,21+,23?/m1/s1. The van der Waals surface area contributed by atoms with Crippen LogP contribution in [0.4, 0.5) is 4.79 Å². The molecule has 2 rings (SSSR count). The summed E-state index contributed by atoms with van der Waals surface area (Å²) in [6.07, 6.45) is 1.49. The summed E-state index contributed by atoms with van der Waals surface area (Å²) < 4.78 is 10.7. The van der Waals surface area contributed by atoms with E-state index in [0.29, 0.717) is 0 Å². The van der Waals surface area contributed by atoms with E-state index in [2.05, 4.69) is 33.9 Å². The van der Waals surface area contributed by atoms with E-state index in [-0.39, 0.29) is 29.0 Å². The molecule has 0 radical (unpaired) electrons. The summed E-state index contributed by atoms with van der Waals surface area (Å²) in [5.41, 5.74) is 0.899. The maximum atomic E-state index is 13.0. The SMILES string of the molecule is COC(=O)C[C@@H](CC(=O)/C=C/[C@@H]1N(C(=O)O)C(c2ccccc2)SC1(C)C)O[Si](C)(C)C(C)(C)C. The van der Waals surface area contributed by atoms with Gasteiger partial charge in [0.15, 0.2) is 14.1 Å². The molecule has 0 saturated carbocycles. The summed E-state index contributed by atoms with van der Waals surface area (Å²) in [6.45, 7) is 14.4. The van der Waals surface area contributed by atoms with Crippen molar-refractivity contribution in [2.75, 3.05) is 7.11 Å². The van der Waals surface area contributed by atoms with Gasteiger partial charge < -0.3 is 14.3 Å². The van der Waals surface area contributed by atoms with Crippen molar-refractivity contribution in [1.29, 1.82) is 0 Å². The minimum Gasteiger partial charge on any atom is -0.469 e. The second kappa shape index (κ2) is 11.3. The van der Waals surface area contributed by atoms with Crippen LogP contribution in [0.1, 0.15) is 58.4 Å². The minimum atomic E-state index is -2.23. The lowest BCUT2D eigenvalue weighted by Gasteiger charge is -2.39. The Morgan fingerprint density at radius 3 is 2.29 bits per heavy atom. The van der Waals surface area contributed by atoms with Crippen molar-refractivity contribution in [3.63, 3.8) is 0 Å². The Hall–Kier alpha value is -2.10. The zero-order valence-corrected chi connectivity index (χ0v) is 23.8. The highest BCUT2D eigenvalue weighted by molar-refractivity contribution is 8.01. The number of amides is 1. The maximum Gasteiger partial charge on any atom is 0.409 e. The Bertz CT molecular complexity index is 941. The van der Waals surface area contributed by atoms with Crippen LogP contribution in [0.5, 0.6) is 0 Å². The predicted molar refractivity (Wildman–Crippen MR) is 142 cm³/mol. The normalized spacial score (nSPS) is 21.2. The summed E-state index contributed by atoms with van der Waals surface area (Å²) in [7, 11) is -0.915. The van der Waals surface area contributed by atoms with Gasteiger partial charge in [0.1, 0.15) is 5.37 Å². The number of methoxy groups -OCH3 is 1. The molecule has 0 bridgehead atoms. The molecule has 35 heavy (non-hydrogen) atoms. The Morgan fingerprint density at radius 2 is 1.77 bits per heavy atom. The lowest BCUT2D eigenvalue weighted by Crippen LogP contribution is -2.45. The van der Waals surface area contributed by atoms with Crippen molar-refractivity contribution < 1.29 is 28.7 Å². The molecule has 1 unspecified atom stereocenters. The first-order valence-corrected chi connectivity index (χ1v) is 15.6. The van der Waals surface area contributed by atoms with Crippen molar-refractivity contribution >= 4 is 37.9 Å². The second-order valence-corrected chi connectivity index (χ2v) is 17.4. The number of carbonyl (C=O) groups excluding carboxylic acids is 2. The second-order valence-electron chi connectivity index (χ2n) is 10.9. The number of ether oxygens (including phenoxy) is 1. The van der Waals surface area contributed by atoms with E-state index in [1.807, 2.05) is 44.2 Å². The van der Waals surface area contributed by atoms with Crippen LogP contribution in [0.3, 0.4) is 0 Å². The molecule has 1 aliphatic rings. The highest BCUT2D eigenvalue weighted by Crippen LogP contribution is 2.52. The molecule has 3 atom stereocenters. The molecular formula is C26H39NO6SSi. The van der Waals surface area contributed by atoms with Gasteiger partial charge in [0.05, 0.1) is 25.7 Å². The fourth-order valence-corrected chi connectivity index (χ4v) is 6.68. The molecular weight excluding hydrogens is 482 g/mol. The minimum absolute atomic E-state index is 0.00923. The number of carbonyl (C=O) groups is 3. The lowest BCUT2D eigenvalue weighted by atomic mass is 9.99. The first-order valence-electron chi connectivity index (χ1n) is 11.8. The zero-order chi connectivity index (χ0) is 26.6. The smallest absolute Gasteiger partial charge is 0.409 e. The summed E-state index contributed by atoms with van der Waals surface area (Å²) in [5.74, 6) is -0.645. The molecule has 1 amide bonds. The van der Waals surface area contributed by atoms with Gasteiger partial charge in [0.2, 0.25) is 0 Å². The number of benzene rings is 1. The fraction of sp³-hybridized carbons (Fsp3) is 0.577. The van der Waals surface area contributed by atoms with Crippen LogP contribution in [0, 0.1) is 0 Å². The molecule has 1 heterocycles. The number of thioether (sulfide) groups is 1. The molecule has 1 saturated heterocycles. The van der Waals surface area contributed by atoms with Crippen molar-refractivity contribution in [1.82, 2.24) is 4.90 Å². The average molecular weight is 522 g/mol. The van der Waals surface area contributed by atoms with Gasteiger partial charge in [-0.05, 0) is 43.6 Å².